The summed E-state index contributed by atoms with van der Waals surface area (Å²) in [6.07, 6.45) is -3.65. The van der Waals surface area contributed by atoms with E-state index < -0.39 is 17.0 Å². The first-order valence-corrected chi connectivity index (χ1v) is 19.1. The Labute approximate surface area is 270 Å². The monoisotopic (exact) mass is 682 g/mol. The quantitative estimate of drug-likeness (QED) is 0.138. The van der Waals surface area contributed by atoms with E-state index in [-0.39, 0.29) is 0 Å². The Morgan fingerprint density at radius 2 is 0.933 bits per heavy atom. The standard InChI is InChI=1S/C39H31BrF3OP/c40-45(35-13-4-1-5-14-35,36-15-6-2-7-16-36,37-17-8-3-9-18-37)29-33-12-10-11-19-38(33)44-28-30-20-22-31(23-21-30)32-24-26-34(27-25-32)39(41,42)43/h1-27H,28-29H2. The van der Waals surface area contributed by atoms with Gasteiger partial charge in [0, 0.05) is 0 Å². The molecule has 0 amide bonds. The Morgan fingerprint density at radius 3 is 1.40 bits per heavy atom. The second-order valence-corrected chi connectivity index (χ2v) is 19.9. The number of rotatable bonds is 9. The van der Waals surface area contributed by atoms with Crippen LogP contribution in [0.5, 0.6) is 5.75 Å². The van der Waals surface area contributed by atoms with Crippen LogP contribution in [0.1, 0.15) is 16.7 Å². The first kappa shape index (κ1) is 30.8. The second kappa shape index (κ2) is 12.7. The van der Waals surface area contributed by atoms with E-state index in [2.05, 4.69) is 100 Å². The van der Waals surface area contributed by atoms with Gasteiger partial charge in [0.25, 0.3) is 0 Å². The SMILES string of the molecule is FC(F)(F)c1ccc(-c2ccc(COc3ccccc3CP(Br)(c3ccccc3)(c3ccccc3)c3ccccc3)cc2)cc1. The summed E-state index contributed by atoms with van der Waals surface area (Å²) < 4.78 is 45.5. The molecule has 6 heteroatoms. The van der Waals surface area contributed by atoms with Crippen LogP contribution < -0.4 is 20.7 Å². The molecule has 0 aliphatic carbocycles. The topological polar surface area (TPSA) is 9.23 Å². The summed E-state index contributed by atoms with van der Waals surface area (Å²) in [6.45, 7) is 0.352. The van der Waals surface area contributed by atoms with Gasteiger partial charge in [-0.05, 0) is 0 Å². The van der Waals surface area contributed by atoms with Crippen molar-refractivity contribution in [3.8, 4) is 16.9 Å². The van der Waals surface area contributed by atoms with Gasteiger partial charge in [-0.3, -0.25) is 0 Å². The molecule has 0 bridgehead atoms. The van der Waals surface area contributed by atoms with Crippen LogP contribution in [0.2, 0.25) is 0 Å². The zero-order valence-corrected chi connectivity index (χ0v) is 26.9. The molecule has 0 atom stereocenters. The van der Waals surface area contributed by atoms with Gasteiger partial charge in [-0.1, -0.05) is 0 Å². The molecular weight excluding hydrogens is 652 g/mol. The second-order valence-electron chi connectivity index (χ2n) is 11.0. The van der Waals surface area contributed by atoms with Crippen LogP contribution in [0.4, 0.5) is 13.2 Å². The van der Waals surface area contributed by atoms with Crippen molar-refractivity contribution < 1.29 is 17.9 Å². The molecule has 0 radical (unpaired) electrons. The molecule has 0 heterocycles. The van der Waals surface area contributed by atoms with E-state index in [1.54, 1.807) is 0 Å². The van der Waals surface area contributed by atoms with Crippen LogP contribution in [0, 0.1) is 0 Å². The summed E-state index contributed by atoms with van der Waals surface area (Å²) in [5, 5.41) is 0.465. The number of benzene rings is 6. The molecule has 226 valence electrons. The fraction of sp³-hybridized carbons (Fsp3) is 0.0769. The van der Waals surface area contributed by atoms with Gasteiger partial charge >= 0.3 is 252 Å². The third-order valence-corrected chi connectivity index (χ3v) is 17.7. The van der Waals surface area contributed by atoms with Gasteiger partial charge in [0.05, 0.1) is 5.56 Å². The molecule has 0 aliphatic rings. The molecule has 0 N–H and O–H groups in total. The summed E-state index contributed by atoms with van der Waals surface area (Å²) in [5.74, 6) is 0.806. The fourth-order valence-electron chi connectivity index (χ4n) is 5.84. The molecule has 0 spiro atoms. The van der Waals surface area contributed by atoms with Crippen molar-refractivity contribution in [3.63, 3.8) is 0 Å². The molecule has 0 fully saturated rings. The summed E-state index contributed by atoms with van der Waals surface area (Å²) in [7, 11) is 0. The molecular formula is C39H31BrF3OP. The van der Waals surface area contributed by atoms with E-state index in [1.165, 1.54) is 28.0 Å². The molecule has 0 unspecified atom stereocenters. The molecule has 0 saturated heterocycles. The molecule has 0 aliphatic heterocycles. The van der Waals surface area contributed by atoms with E-state index in [9.17, 15) is 13.2 Å². The van der Waals surface area contributed by atoms with E-state index in [0.29, 0.717) is 12.8 Å². The minimum absolute atomic E-state index is 0.352. The van der Waals surface area contributed by atoms with Crippen LogP contribution in [-0.2, 0) is 18.9 Å². The summed E-state index contributed by atoms with van der Waals surface area (Å²) in [4.78, 5) is 0. The Bertz CT molecular complexity index is 1760. The summed E-state index contributed by atoms with van der Waals surface area (Å²) in [5.41, 5.74) is 2.97. The normalized spacial score (nSPS) is 12.7. The van der Waals surface area contributed by atoms with Crippen LogP contribution in [0.3, 0.4) is 0 Å². The average molecular weight is 684 g/mol. The maximum atomic E-state index is 13.0. The average Bonchev–Trinajstić information content (AvgIpc) is 3.09. The van der Waals surface area contributed by atoms with Gasteiger partial charge in [0.2, 0.25) is 0 Å². The Balaban J connectivity index is 1.32. The third-order valence-electron chi connectivity index (χ3n) is 8.22. The minimum atomic E-state index is -4.35. The van der Waals surface area contributed by atoms with Gasteiger partial charge in [-0.25, -0.2) is 0 Å². The van der Waals surface area contributed by atoms with E-state index in [1.807, 2.05) is 54.6 Å². The van der Waals surface area contributed by atoms with Crippen molar-refractivity contribution >= 4 is 36.7 Å². The molecule has 6 aromatic rings. The maximum absolute atomic E-state index is 13.0. The number of ether oxygens (including phenoxy) is 1. The van der Waals surface area contributed by atoms with Gasteiger partial charge in [-0.2, -0.15) is 13.2 Å². The zero-order valence-electron chi connectivity index (χ0n) is 24.4. The number of alkyl halides is 3. The Kier molecular flexibility index (Phi) is 8.68. The van der Waals surface area contributed by atoms with Crippen molar-refractivity contribution in [1.82, 2.24) is 0 Å². The molecule has 1 nitrogen and oxygen atoms in total. The first-order valence-electron chi connectivity index (χ1n) is 14.6. The summed E-state index contributed by atoms with van der Waals surface area (Å²) >= 11 is 4.54. The third kappa shape index (κ3) is 6.20. The van der Waals surface area contributed by atoms with E-state index in [4.69, 9.17) is 4.74 Å². The van der Waals surface area contributed by atoms with Gasteiger partial charge < -0.3 is 0 Å². The van der Waals surface area contributed by atoms with Crippen LogP contribution in [0.15, 0.2) is 164 Å². The first-order chi connectivity index (χ1) is 21.8. The predicted octanol–water partition coefficient (Wildman–Crippen LogP) is 10.3. The van der Waals surface area contributed by atoms with Crippen LogP contribution >= 0.6 is 20.8 Å². The summed E-state index contributed by atoms with van der Waals surface area (Å²) in [6, 6.07) is 53.2. The Morgan fingerprint density at radius 1 is 0.511 bits per heavy atom. The number of hydrogen-bond acceptors (Lipinski definition) is 1. The molecule has 0 saturated carbocycles. The van der Waals surface area contributed by atoms with Crippen molar-refractivity contribution in [3.05, 3.63) is 180 Å². The van der Waals surface area contributed by atoms with Crippen molar-refractivity contribution in [1.29, 1.82) is 0 Å². The molecule has 6 aromatic carbocycles. The van der Waals surface area contributed by atoms with Crippen LogP contribution in [-0.4, -0.2) is 0 Å². The van der Waals surface area contributed by atoms with E-state index in [0.717, 1.165) is 40.1 Å². The number of para-hydroxylation sites is 1. The molecule has 6 rings (SSSR count). The fourth-order valence-corrected chi connectivity index (χ4v) is 13.5. The molecule has 45 heavy (non-hydrogen) atoms. The van der Waals surface area contributed by atoms with Gasteiger partial charge in [-0.15, -0.1) is 0 Å². The predicted molar refractivity (Wildman–Crippen MR) is 185 cm³/mol. The van der Waals surface area contributed by atoms with Crippen molar-refractivity contribution in [2.45, 2.75) is 18.9 Å². The van der Waals surface area contributed by atoms with E-state index >= 15 is 0 Å². The number of halogens is 4. The number of hydrogen-bond donors (Lipinski definition) is 0. The van der Waals surface area contributed by atoms with Crippen molar-refractivity contribution in [2.75, 3.05) is 0 Å². The van der Waals surface area contributed by atoms with Gasteiger partial charge in [0.15, 0.2) is 0 Å². The van der Waals surface area contributed by atoms with Crippen LogP contribution in [0.25, 0.3) is 11.1 Å². The van der Waals surface area contributed by atoms with Gasteiger partial charge in [0.1, 0.15) is 0 Å². The molecule has 0 aromatic heterocycles. The Hall–Kier alpha value is -4.18. The van der Waals surface area contributed by atoms with Crippen molar-refractivity contribution in [2.24, 2.45) is 0 Å². The zero-order chi connectivity index (χ0) is 31.4.